The molecule has 0 fully saturated rings. The standard InChI is InChI=1S/C23H21FN2O4/c1-3-28-23(27)20-14(2)30-22(26)18(12-25)21(20)15-8-10-17(11-9-15)29-13-16-6-4-5-7-19(16)24/h4-11,21H,3,13,26H2,1-2H3. The van der Waals surface area contributed by atoms with E-state index in [0.717, 1.165) is 0 Å². The maximum Gasteiger partial charge on any atom is 0.338 e. The molecule has 1 aliphatic heterocycles. The number of benzene rings is 2. The summed E-state index contributed by atoms with van der Waals surface area (Å²) in [6.07, 6.45) is 0. The summed E-state index contributed by atoms with van der Waals surface area (Å²) in [6.45, 7) is 3.56. The maximum absolute atomic E-state index is 13.7. The Morgan fingerprint density at radius 3 is 2.57 bits per heavy atom. The van der Waals surface area contributed by atoms with E-state index in [4.69, 9.17) is 19.9 Å². The summed E-state index contributed by atoms with van der Waals surface area (Å²) in [5.41, 5.74) is 7.33. The molecule has 0 radical (unpaired) electrons. The monoisotopic (exact) mass is 408 g/mol. The van der Waals surface area contributed by atoms with Crippen LogP contribution >= 0.6 is 0 Å². The second-order valence-electron chi connectivity index (χ2n) is 6.56. The predicted molar refractivity (Wildman–Crippen MR) is 107 cm³/mol. The number of nitrogens with two attached hydrogens (primary N) is 1. The van der Waals surface area contributed by atoms with Gasteiger partial charge in [-0.25, -0.2) is 9.18 Å². The van der Waals surface area contributed by atoms with Gasteiger partial charge in [-0.3, -0.25) is 0 Å². The van der Waals surface area contributed by atoms with Crippen molar-refractivity contribution in [2.75, 3.05) is 6.61 Å². The van der Waals surface area contributed by atoms with Crippen LogP contribution in [0.4, 0.5) is 4.39 Å². The molecule has 0 spiro atoms. The van der Waals surface area contributed by atoms with Crippen LogP contribution in [0.3, 0.4) is 0 Å². The number of allylic oxidation sites excluding steroid dienone is 2. The maximum atomic E-state index is 13.7. The second kappa shape index (κ2) is 9.14. The Bertz CT molecular complexity index is 1050. The normalized spacial score (nSPS) is 16.0. The van der Waals surface area contributed by atoms with Gasteiger partial charge in [-0.1, -0.05) is 30.3 Å². The van der Waals surface area contributed by atoms with E-state index in [0.29, 0.717) is 16.9 Å². The Morgan fingerprint density at radius 1 is 1.23 bits per heavy atom. The van der Waals surface area contributed by atoms with Crippen molar-refractivity contribution in [1.82, 2.24) is 0 Å². The van der Waals surface area contributed by atoms with Crippen molar-refractivity contribution in [3.8, 4) is 11.8 Å². The van der Waals surface area contributed by atoms with Gasteiger partial charge in [0.15, 0.2) is 0 Å². The van der Waals surface area contributed by atoms with Gasteiger partial charge in [0.25, 0.3) is 0 Å². The smallest absolute Gasteiger partial charge is 0.338 e. The fraction of sp³-hybridized carbons (Fsp3) is 0.217. The zero-order valence-corrected chi connectivity index (χ0v) is 16.6. The largest absolute Gasteiger partial charge is 0.489 e. The number of hydrogen-bond acceptors (Lipinski definition) is 6. The molecular weight excluding hydrogens is 387 g/mol. The topological polar surface area (TPSA) is 94.6 Å². The van der Waals surface area contributed by atoms with E-state index in [9.17, 15) is 14.4 Å². The Morgan fingerprint density at radius 2 is 1.93 bits per heavy atom. The van der Waals surface area contributed by atoms with Crippen molar-refractivity contribution in [3.05, 3.63) is 88.3 Å². The molecule has 2 aromatic carbocycles. The van der Waals surface area contributed by atoms with Gasteiger partial charge < -0.3 is 19.9 Å². The quantitative estimate of drug-likeness (QED) is 0.725. The van der Waals surface area contributed by atoms with Crippen molar-refractivity contribution in [2.24, 2.45) is 5.73 Å². The number of carbonyl (C=O) groups is 1. The molecular formula is C23H21FN2O4. The summed E-state index contributed by atoms with van der Waals surface area (Å²) in [7, 11) is 0. The summed E-state index contributed by atoms with van der Waals surface area (Å²) in [4.78, 5) is 12.5. The highest BCUT2D eigenvalue weighted by Gasteiger charge is 2.36. The molecule has 7 heteroatoms. The fourth-order valence-electron chi connectivity index (χ4n) is 3.22. The van der Waals surface area contributed by atoms with Gasteiger partial charge in [0.2, 0.25) is 5.88 Å². The van der Waals surface area contributed by atoms with Crippen LogP contribution in [0.25, 0.3) is 0 Å². The van der Waals surface area contributed by atoms with Crippen LogP contribution in [-0.4, -0.2) is 12.6 Å². The minimum atomic E-state index is -0.719. The molecule has 1 atom stereocenters. The van der Waals surface area contributed by atoms with Crippen molar-refractivity contribution >= 4 is 5.97 Å². The van der Waals surface area contributed by atoms with Gasteiger partial charge in [0.1, 0.15) is 35.6 Å². The Balaban J connectivity index is 1.88. The molecule has 0 aromatic heterocycles. The molecule has 3 rings (SSSR count). The highest BCUT2D eigenvalue weighted by Crippen LogP contribution is 2.40. The average Bonchev–Trinajstić information content (AvgIpc) is 2.73. The molecule has 0 aliphatic carbocycles. The lowest BCUT2D eigenvalue weighted by atomic mass is 9.83. The molecule has 154 valence electrons. The van der Waals surface area contributed by atoms with Crippen LogP contribution in [0.15, 0.2) is 71.3 Å². The molecule has 2 N–H and O–H groups in total. The number of rotatable bonds is 6. The zero-order valence-electron chi connectivity index (χ0n) is 16.6. The van der Waals surface area contributed by atoms with Gasteiger partial charge in [0, 0.05) is 5.56 Å². The first kappa shape index (κ1) is 20.9. The van der Waals surface area contributed by atoms with Crippen LogP contribution in [0, 0.1) is 17.1 Å². The summed E-state index contributed by atoms with van der Waals surface area (Å²) < 4.78 is 29.9. The summed E-state index contributed by atoms with van der Waals surface area (Å²) in [5.74, 6) is -0.871. The number of carbonyl (C=O) groups excluding carboxylic acids is 1. The fourth-order valence-corrected chi connectivity index (χ4v) is 3.22. The first-order valence-electron chi connectivity index (χ1n) is 9.37. The number of nitriles is 1. The van der Waals surface area contributed by atoms with Gasteiger partial charge in [0.05, 0.1) is 18.1 Å². The highest BCUT2D eigenvalue weighted by atomic mass is 19.1. The Hall–Kier alpha value is -3.79. The average molecular weight is 408 g/mol. The molecule has 30 heavy (non-hydrogen) atoms. The summed E-state index contributed by atoms with van der Waals surface area (Å²) in [6, 6.07) is 15.2. The minimum absolute atomic E-state index is 0.0482. The molecule has 1 unspecified atom stereocenters. The van der Waals surface area contributed by atoms with Gasteiger partial charge in [-0.2, -0.15) is 5.26 Å². The Kier molecular flexibility index (Phi) is 6.38. The van der Waals surface area contributed by atoms with E-state index in [-0.39, 0.29) is 41.8 Å². The highest BCUT2D eigenvalue weighted by molar-refractivity contribution is 5.92. The molecule has 0 saturated heterocycles. The van der Waals surface area contributed by atoms with E-state index in [1.165, 1.54) is 6.07 Å². The number of hydrogen-bond donors (Lipinski definition) is 1. The Labute approximate surface area is 174 Å². The SMILES string of the molecule is CCOC(=O)C1=C(C)OC(N)=C(C#N)C1c1ccc(OCc2ccccc2F)cc1. The lowest BCUT2D eigenvalue weighted by Gasteiger charge is -2.26. The van der Waals surface area contributed by atoms with E-state index in [1.807, 2.05) is 6.07 Å². The van der Waals surface area contributed by atoms with E-state index in [2.05, 4.69) is 0 Å². The summed E-state index contributed by atoms with van der Waals surface area (Å²) >= 11 is 0. The number of esters is 1. The minimum Gasteiger partial charge on any atom is -0.489 e. The van der Waals surface area contributed by atoms with E-state index in [1.54, 1.807) is 56.3 Å². The first-order valence-corrected chi connectivity index (χ1v) is 9.37. The molecule has 0 amide bonds. The zero-order chi connectivity index (χ0) is 21.7. The van der Waals surface area contributed by atoms with Crippen LogP contribution in [0.5, 0.6) is 5.75 Å². The first-order chi connectivity index (χ1) is 14.5. The van der Waals surface area contributed by atoms with Crippen LogP contribution in [0.1, 0.15) is 30.9 Å². The second-order valence-corrected chi connectivity index (χ2v) is 6.56. The molecule has 1 heterocycles. The van der Waals surface area contributed by atoms with Gasteiger partial charge in [-0.15, -0.1) is 0 Å². The lowest BCUT2D eigenvalue weighted by molar-refractivity contribution is -0.139. The molecule has 6 nitrogen and oxygen atoms in total. The molecule has 2 aromatic rings. The van der Waals surface area contributed by atoms with Crippen molar-refractivity contribution in [1.29, 1.82) is 5.26 Å². The number of ether oxygens (including phenoxy) is 3. The van der Waals surface area contributed by atoms with Gasteiger partial charge in [-0.05, 0) is 37.6 Å². The van der Waals surface area contributed by atoms with Gasteiger partial charge >= 0.3 is 5.97 Å². The van der Waals surface area contributed by atoms with E-state index < -0.39 is 11.9 Å². The van der Waals surface area contributed by atoms with Crippen LogP contribution < -0.4 is 10.5 Å². The lowest BCUT2D eigenvalue weighted by Crippen LogP contribution is -2.25. The molecule has 1 aliphatic rings. The number of nitrogens with zero attached hydrogens (tertiary/aromatic N) is 1. The molecule has 0 bridgehead atoms. The third-order valence-electron chi connectivity index (χ3n) is 4.67. The van der Waals surface area contributed by atoms with Crippen molar-refractivity contribution in [2.45, 2.75) is 26.4 Å². The third kappa shape index (κ3) is 4.28. The molecule has 0 saturated carbocycles. The van der Waals surface area contributed by atoms with Crippen molar-refractivity contribution in [3.63, 3.8) is 0 Å². The van der Waals surface area contributed by atoms with Crippen molar-refractivity contribution < 1.29 is 23.4 Å². The predicted octanol–water partition coefficient (Wildman–Crippen LogP) is 4.05. The third-order valence-corrected chi connectivity index (χ3v) is 4.67. The number of halogens is 1. The van der Waals surface area contributed by atoms with Crippen LogP contribution in [-0.2, 0) is 20.9 Å². The summed E-state index contributed by atoms with van der Waals surface area (Å²) in [5, 5.41) is 9.60. The van der Waals surface area contributed by atoms with Crippen LogP contribution in [0.2, 0.25) is 0 Å². The van der Waals surface area contributed by atoms with E-state index >= 15 is 0 Å².